The van der Waals surface area contributed by atoms with Crippen molar-refractivity contribution >= 4 is 5.78 Å². The first kappa shape index (κ1) is 18.3. The van der Waals surface area contributed by atoms with Gasteiger partial charge in [-0.15, -0.1) is 0 Å². The van der Waals surface area contributed by atoms with Crippen molar-refractivity contribution in [2.24, 2.45) is 29.1 Å². The predicted molar refractivity (Wildman–Crippen MR) is 92.8 cm³/mol. The van der Waals surface area contributed by atoms with Crippen LogP contribution >= 0.6 is 0 Å². The van der Waals surface area contributed by atoms with Gasteiger partial charge in [0.05, 0.1) is 24.4 Å². The molecule has 4 rings (SSSR count). The third kappa shape index (κ3) is 1.77. The number of ketones is 1. The summed E-state index contributed by atoms with van der Waals surface area (Å²) in [7, 11) is 0. The number of rotatable bonds is 2. The highest BCUT2D eigenvalue weighted by Gasteiger charge is 2.82. The van der Waals surface area contributed by atoms with E-state index in [1.807, 2.05) is 6.92 Å². The van der Waals surface area contributed by atoms with E-state index < -0.39 is 51.7 Å². The van der Waals surface area contributed by atoms with Crippen molar-refractivity contribution in [2.75, 3.05) is 13.2 Å². The van der Waals surface area contributed by atoms with Crippen molar-refractivity contribution in [3.05, 3.63) is 23.3 Å². The lowest BCUT2D eigenvalue weighted by Gasteiger charge is -2.50. The third-order valence-corrected chi connectivity index (χ3v) is 8.03. The molecule has 0 aromatic heterocycles. The Hall–Kier alpha value is -1.05. The van der Waals surface area contributed by atoms with Gasteiger partial charge < -0.3 is 25.5 Å². The van der Waals surface area contributed by atoms with E-state index in [1.165, 1.54) is 0 Å². The molecular weight excluding hydrogens is 336 g/mol. The Morgan fingerprint density at radius 3 is 2.42 bits per heavy atom. The predicted octanol–water partition coefficient (Wildman–Crippen LogP) is -0.0683. The topological polar surface area (TPSA) is 118 Å². The maximum atomic E-state index is 12.7. The number of carbonyl (C=O) groups is 1. The molecule has 1 unspecified atom stereocenters. The summed E-state index contributed by atoms with van der Waals surface area (Å²) in [4.78, 5) is 12.7. The summed E-state index contributed by atoms with van der Waals surface area (Å²) in [6.07, 6.45) is 3.65. The van der Waals surface area contributed by atoms with Gasteiger partial charge in [-0.05, 0) is 30.4 Å². The van der Waals surface area contributed by atoms with Gasteiger partial charge in [0, 0.05) is 29.6 Å². The van der Waals surface area contributed by atoms with Gasteiger partial charge in [-0.2, -0.15) is 0 Å². The first-order valence-corrected chi connectivity index (χ1v) is 9.32. The largest absolute Gasteiger partial charge is 0.396 e. The SMILES string of the molecule is CC1=C[C@H]2[C@@]3(O)[C@H](C)C[C@]4(O)[C@H]([C@@H]3C=C(CO)C[C@]2(O)C1=O)C4(C)CO. The van der Waals surface area contributed by atoms with Gasteiger partial charge in [0.2, 0.25) is 0 Å². The minimum atomic E-state index is -1.78. The van der Waals surface area contributed by atoms with Gasteiger partial charge in [-0.25, -0.2) is 0 Å². The molecule has 6 heteroatoms. The maximum absolute atomic E-state index is 12.7. The Labute approximate surface area is 152 Å². The first-order valence-electron chi connectivity index (χ1n) is 9.32. The van der Waals surface area contributed by atoms with Gasteiger partial charge in [-0.1, -0.05) is 26.0 Å². The summed E-state index contributed by atoms with van der Waals surface area (Å²) in [6.45, 7) is 4.72. The molecule has 26 heavy (non-hydrogen) atoms. The van der Waals surface area contributed by atoms with E-state index in [0.717, 1.165) is 0 Å². The zero-order chi connectivity index (χ0) is 19.3. The van der Waals surface area contributed by atoms with Crippen molar-refractivity contribution in [1.29, 1.82) is 0 Å². The third-order valence-electron chi connectivity index (χ3n) is 8.03. The zero-order valence-electron chi connectivity index (χ0n) is 15.4. The highest BCUT2D eigenvalue weighted by Crippen LogP contribution is 2.74. The Bertz CT molecular complexity index is 743. The number of hydrogen-bond donors (Lipinski definition) is 5. The fraction of sp³-hybridized carbons (Fsp3) is 0.750. The quantitative estimate of drug-likeness (QED) is 0.438. The van der Waals surface area contributed by atoms with E-state index in [9.17, 15) is 30.3 Å². The van der Waals surface area contributed by atoms with Gasteiger partial charge >= 0.3 is 0 Å². The van der Waals surface area contributed by atoms with E-state index in [2.05, 4.69) is 0 Å². The number of aliphatic hydroxyl groups is 5. The second-order valence-electron chi connectivity index (χ2n) is 9.24. The minimum absolute atomic E-state index is 0.0344. The summed E-state index contributed by atoms with van der Waals surface area (Å²) >= 11 is 0. The molecule has 0 aliphatic heterocycles. The Morgan fingerprint density at radius 1 is 1.19 bits per heavy atom. The molecule has 8 atom stereocenters. The van der Waals surface area contributed by atoms with Crippen LogP contribution in [-0.4, -0.2) is 61.3 Å². The molecule has 0 radical (unpaired) electrons. The van der Waals surface area contributed by atoms with Crippen LogP contribution in [0.1, 0.15) is 33.6 Å². The molecule has 144 valence electrons. The summed E-state index contributed by atoms with van der Waals surface area (Å²) < 4.78 is 0. The van der Waals surface area contributed by atoms with Crippen LogP contribution < -0.4 is 0 Å². The molecule has 2 fully saturated rings. The van der Waals surface area contributed by atoms with Crippen molar-refractivity contribution < 1.29 is 30.3 Å². The van der Waals surface area contributed by atoms with Crippen molar-refractivity contribution in [3.8, 4) is 0 Å². The van der Waals surface area contributed by atoms with Crippen LogP contribution in [0.4, 0.5) is 0 Å². The molecule has 0 aromatic rings. The average Bonchev–Trinajstić information content (AvgIpc) is 3.02. The second kappa shape index (κ2) is 5.06. The molecule has 0 amide bonds. The number of carbonyl (C=O) groups excluding carboxylic acids is 1. The normalized spacial score (nSPS) is 55.3. The second-order valence-corrected chi connectivity index (χ2v) is 9.24. The summed E-state index contributed by atoms with van der Waals surface area (Å²) in [5.74, 6) is -2.58. The smallest absolute Gasteiger partial charge is 0.190 e. The number of hydrogen-bond acceptors (Lipinski definition) is 6. The summed E-state index contributed by atoms with van der Waals surface area (Å²) in [6, 6.07) is 0. The lowest BCUT2D eigenvalue weighted by atomic mass is 9.60. The van der Waals surface area contributed by atoms with Crippen LogP contribution in [0.3, 0.4) is 0 Å². The fourth-order valence-corrected chi connectivity index (χ4v) is 6.46. The summed E-state index contributed by atoms with van der Waals surface area (Å²) in [5, 5.41) is 54.0. The van der Waals surface area contributed by atoms with Crippen molar-refractivity contribution in [3.63, 3.8) is 0 Å². The fourth-order valence-electron chi connectivity index (χ4n) is 6.46. The molecule has 6 nitrogen and oxygen atoms in total. The molecular formula is C20H28O6. The molecule has 0 aromatic carbocycles. The van der Waals surface area contributed by atoms with Crippen molar-refractivity contribution in [1.82, 2.24) is 0 Å². The highest BCUT2D eigenvalue weighted by molar-refractivity contribution is 6.04. The van der Waals surface area contributed by atoms with E-state index in [4.69, 9.17) is 0 Å². The molecule has 0 bridgehead atoms. The van der Waals surface area contributed by atoms with Crippen LogP contribution in [0.5, 0.6) is 0 Å². The van der Waals surface area contributed by atoms with Crippen LogP contribution in [0, 0.1) is 29.1 Å². The van der Waals surface area contributed by atoms with Gasteiger partial charge in [-0.3, -0.25) is 4.79 Å². The van der Waals surface area contributed by atoms with Crippen LogP contribution in [0.2, 0.25) is 0 Å². The standard InChI is InChI=1S/C20H28O6/c1-10-4-14-18(24,16(10)23)7-12(8-21)5-13-15-17(3,9-22)19(15,25)6-11(2)20(13,14)26/h4-5,11,13-15,21-22,24-26H,6-9H2,1-3H3/t11-,13+,14-,15-,17?,18-,19+,20-/m1/s1. The molecule has 2 saturated carbocycles. The number of Topliss-reactive ketones (excluding diaryl/α,β-unsaturated/α-hetero) is 1. The van der Waals surface area contributed by atoms with Gasteiger partial charge in [0.1, 0.15) is 5.60 Å². The molecule has 5 N–H and O–H groups in total. The molecule has 0 heterocycles. The van der Waals surface area contributed by atoms with Crippen molar-refractivity contribution in [2.45, 2.75) is 50.4 Å². The van der Waals surface area contributed by atoms with Gasteiger partial charge in [0.15, 0.2) is 5.78 Å². The number of fused-ring (bicyclic) bond motifs is 5. The minimum Gasteiger partial charge on any atom is -0.396 e. The van der Waals surface area contributed by atoms with Crippen LogP contribution in [0.25, 0.3) is 0 Å². The Morgan fingerprint density at radius 2 is 1.85 bits per heavy atom. The van der Waals surface area contributed by atoms with E-state index in [1.54, 1.807) is 26.0 Å². The molecule has 0 saturated heterocycles. The first-order chi connectivity index (χ1) is 12.0. The lowest BCUT2D eigenvalue weighted by molar-refractivity contribution is -0.177. The van der Waals surface area contributed by atoms with Crippen LogP contribution in [0.15, 0.2) is 23.3 Å². The Kier molecular flexibility index (Phi) is 3.56. The monoisotopic (exact) mass is 364 g/mol. The molecule has 4 aliphatic rings. The average molecular weight is 364 g/mol. The molecule has 4 aliphatic carbocycles. The zero-order valence-corrected chi connectivity index (χ0v) is 15.4. The lowest BCUT2D eigenvalue weighted by Crippen LogP contribution is -2.60. The van der Waals surface area contributed by atoms with E-state index in [0.29, 0.717) is 11.1 Å². The van der Waals surface area contributed by atoms with Gasteiger partial charge in [0.25, 0.3) is 0 Å². The Balaban J connectivity index is 1.92. The van der Waals surface area contributed by atoms with Crippen LogP contribution in [-0.2, 0) is 4.79 Å². The highest BCUT2D eigenvalue weighted by atomic mass is 16.3. The maximum Gasteiger partial charge on any atom is 0.190 e. The molecule has 0 spiro atoms. The van der Waals surface area contributed by atoms with E-state index >= 15 is 0 Å². The summed E-state index contributed by atoms with van der Waals surface area (Å²) in [5.41, 5.74) is -4.17. The van der Waals surface area contributed by atoms with E-state index in [-0.39, 0.29) is 26.1 Å². The number of aliphatic hydroxyl groups excluding tert-OH is 2.